The van der Waals surface area contributed by atoms with E-state index >= 15 is 0 Å². The van der Waals surface area contributed by atoms with Crippen LogP contribution in [0.5, 0.6) is 0 Å². The van der Waals surface area contributed by atoms with Gasteiger partial charge in [0.15, 0.2) is 0 Å². The molecule has 0 heterocycles. The molecule has 180 valence electrons. The van der Waals surface area contributed by atoms with Crippen LogP contribution in [0, 0.1) is 5.92 Å². The second kappa shape index (κ2) is 14.0. The van der Waals surface area contributed by atoms with Crippen LogP contribution in [-0.4, -0.2) is 33.8 Å². The number of allylic oxidation sites excluding steroid dienone is 2. The van der Waals surface area contributed by atoms with E-state index in [2.05, 4.69) is 19.1 Å². The number of hydrogen-bond donors (Lipinski definition) is 2. The van der Waals surface area contributed by atoms with Gasteiger partial charge in [-0.25, -0.2) is 0 Å². The van der Waals surface area contributed by atoms with Crippen molar-refractivity contribution in [2.24, 2.45) is 5.92 Å². The monoisotopic (exact) mass is 464 g/mol. The van der Waals surface area contributed by atoms with Crippen molar-refractivity contribution in [2.75, 3.05) is 0 Å². The summed E-state index contributed by atoms with van der Waals surface area (Å²) in [6, 6.07) is 8.06. The first kappa shape index (κ1) is 26.9. The summed E-state index contributed by atoms with van der Waals surface area (Å²) in [6.45, 7) is 5.87. The highest BCUT2D eigenvalue weighted by Crippen LogP contribution is 2.45. The molecule has 0 spiro atoms. The minimum Gasteiger partial charge on any atom is -0.463 e. The van der Waals surface area contributed by atoms with Crippen molar-refractivity contribution in [1.29, 1.82) is 0 Å². The van der Waals surface area contributed by atoms with E-state index < -0.39 is 12.2 Å². The van der Waals surface area contributed by atoms with Crippen LogP contribution in [0.25, 0.3) is 0 Å². The van der Waals surface area contributed by atoms with Crippen LogP contribution in [0.2, 0.25) is 0 Å². The van der Waals surface area contributed by atoms with Gasteiger partial charge in [-0.3, -0.25) is 4.79 Å². The molecule has 0 amide bonds. The predicted molar refractivity (Wildman–Crippen MR) is 131 cm³/mol. The van der Waals surface area contributed by atoms with Crippen molar-refractivity contribution < 1.29 is 19.7 Å². The van der Waals surface area contributed by atoms with E-state index in [1.54, 1.807) is 0 Å². The number of hydrogen-bond acceptors (Lipinski definition) is 4. The molecule has 0 radical (unpaired) electrons. The van der Waals surface area contributed by atoms with Crippen molar-refractivity contribution in [3.8, 4) is 0 Å². The van der Waals surface area contributed by atoms with Crippen LogP contribution in [0.4, 0.5) is 0 Å². The van der Waals surface area contributed by atoms with Gasteiger partial charge < -0.3 is 14.9 Å². The quantitative estimate of drug-likeness (QED) is 0.152. The normalized spacial score (nSPS) is 24.3. The Bertz CT molecular complexity index is 700. The van der Waals surface area contributed by atoms with Gasteiger partial charge in [0.25, 0.3) is 0 Å². The Morgan fingerprint density at radius 2 is 1.91 bits per heavy atom. The summed E-state index contributed by atoms with van der Waals surface area (Å²) < 4.78 is 5.15. The fourth-order valence-corrected chi connectivity index (χ4v) is 5.02. The van der Waals surface area contributed by atoms with Gasteiger partial charge in [0.05, 0.1) is 18.3 Å². The molecule has 2 N–H and O–H groups in total. The topological polar surface area (TPSA) is 66.8 Å². The van der Waals surface area contributed by atoms with Crippen molar-refractivity contribution >= 4 is 17.6 Å². The second-order valence-electron chi connectivity index (χ2n) is 9.32. The molecule has 0 bridgehead atoms. The Hall–Kier alpha value is -1.36. The number of halogens is 1. The lowest BCUT2D eigenvalue weighted by Gasteiger charge is -2.23. The molecule has 0 aromatic heterocycles. The molecule has 4 nitrogen and oxygen atoms in total. The van der Waals surface area contributed by atoms with E-state index in [1.165, 1.54) is 0 Å². The highest BCUT2D eigenvalue weighted by atomic mass is 35.5. The molecule has 1 aromatic rings. The SMILES string of the molecule is CCCCCC(O)c1ccc(C2C(O)CC(Cl)C2C/C=C\CCCC(=O)OC(C)C)cc1. The van der Waals surface area contributed by atoms with E-state index in [9.17, 15) is 15.0 Å². The van der Waals surface area contributed by atoms with E-state index in [0.29, 0.717) is 12.8 Å². The molecule has 5 atom stereocenters. The fourth-order valence-electron chi connectivity index (χ4n) is 4.58. The number of ether oxygens (including phenoxy) is 1. The molecule has 1 saturated carbocycles. The minimum atomic E-state index is -0.456. The third-order valence-corrected chi connectivity index (χ3v) is 6.79. The zero-order valence-corrected chi connectivity index (χ0v) is 20.6. The maximum Gasteiger partial charge on any atom is 0.306 e. The maximum absolute atomic E-state index is 11.6. The summed E-state index contributed by atoms with van der Waals surface area (Å²) in [6.07, 6.45) is 10.8. The summed E-state index contributed by atoms with van der Waals surface area (Å²) in [7, 11) is 0. The van der Waals surface area contributed by atoms with Crippen molar-refractivity contribution in [3.63, 3.8) is 0 Å². The van der Waals surface area contributed by atoms with E-state index in [0.717, 1.165) is 56.1 Å². The van der Waals surface area contributed by atoms with Gasteiger partial charge in [-0.2, -0.15) is 0 Å². The van der Waals surface area contributed by atoms with Gasteiger partial charge >= 0.3 is 5.97 Å². The number of alkyl halides is 1. The highest BCUT2D eigenvalue weighted by molar-refractivity contribution is 6.21. The number of unbranched alkanes of at least 4 members (excludes halogenated alkanes) is 3. The first-order valence-corrected chi connectivity index (χ1v) is 12.7. The Kier molecular flexibility index (Phi) is 11.8. The summed E-state index contributed by atoms with van der Waals surface area (Å²) in [5, 5.41) is 21.0. The van der Waals surface area contributed by atoms with Gasteiger partial charge in [0.2, 0.25) is 0 Å². The van der Waals surface area contributed by atoms with Crippen LogP contribution in [0.3, 0.4) is 0 Å². The molecular formula is C27H41ClO4. The van der Waals surface area contributed by atoms with Crippen molar-refractivity contribution in [3.05, 3.63) is 47.5 Å². The highest BCUT2D eigenvalue weighted by Gasteiger charge is 2.41. The molecule has 1 aliphatic rings. The van der Waals surface area contributed by atoms with Crippen LogP contribution < -0.4 is 0 Å². The Morgan fingerprint density at radius 1 is 1.19 bits per heavy atom. The zero-order chi connectivity index (χ0) is 23.5. The van der Waals surface area contributed by atoms with Gasteiger partial charge in [0.1, 0.15) is 0 Å². The number of carbonyl (C=O) groups excluding carboxylic acids is 1. The van der Waals surface area contributed by atoms with Gasteiger partial charge in [-0.05, 0) is 63.0 Å². The first-order chi connectivity index (χ1) is 15.3. The minimum absolute atomic E-state index is 0.00514. The average molecular weight is 465 g/mol. The maximum atomic E-state index is 11.6. The van der Waals surface area contributed by atoms with Crippen LogP contribution in [-0.2, 0) is 9.53 Å². The number of esters is 1. The molecule has 32 heavy (non-hydrogen) atoms. The van der Waals surface area contributed by atoms with Crippen LogP contribution >= 0.6 is 11.6 Å². The molecular weight excluding hydrogens is 424 g/mol. The molecule has 1 aliphatic carbocycles. The van der Waals surface area contributed by atoms with Gasteiger partial charge in [-0.1, -0.05) is 62.6 Å². The lowest BCUT2D eigenvalue weighted by atomic mass is 9.84. The van der Waals surface area contributed by atoms with Crippen molar-refractivity contribution in [1.82, 2.24) is 0 Å². The molecule has 0 saturated heterocycles. The smallest absolute Gasteiger partial charge is 0.306 e. The first-order valence-electron chi connectivity index (χ1n) is 12.3. The standard InChI is InChI=1S/C27H41ClO4/c1-4-5-8-12-24(29)20-14-16-21(17-15-20)27-22(23(28)18-25(27)30)11-9-6-7-10-13-26(31)32-19(2)3/h6,9,14-17,19,22-25,27,29-30H,4-5,7-8,10-13,18H2,1-3H3/b9-6-. The number of carbonyl (C=O) groups is 1. The van der Waals surface area contributed by atoms with E-state index in [4.69, 9.17) is 16.3 Å². The van der Waals surface area contributed by atoms with Gasteiger partial charge in [0, 0.05) is 17.7 Å². The van der Waals surface area contributed by atoms with Crippen LogP contribution in [0.1, 0.15) is 102 Å². The lowest BCUT2D eigenvalue weighted by molar-refractivity contribution is -0.147. The van der Waals surface area contributed by atoms with Crippen LogP contribution in [0.15, 0.2) is 36.4 Å². The Balaban J connectivity index is 1.89. The third-order valence-electron chi connectivity index (χ3n) is 6.29. The molecule has 5 unspecified atom stereocenters. The number of aliphatic hydroxyl groups excluding tert-OH is 2. The third kappa shape index (κ3) is 8.53. The predicted octanol–water partition coefficient (Wildman–Crippen LogP) is 6.44. The second-order valence-corrected chi connectivity index (χ2v) is 9.89. The molecule has 2 rings (SSSR count). The number of benzene rings is 1. The summed E-state index contributed by atoms with van der Waals surface area (Å²) in [5.74, 6) is 0.00994. The van der Waals surface area contributed by atoms with Crippen molar-refractivity contribution in [2.45, 2.75) is 108 Å². The van der Waals surface area contributed by atoms with E-state index in [-0.39, 0.29) is 29.3 Å². The number of rotatable bonds is 13. The molecule has 1 aromatic carbocycles. The summed E-state index contributed by atoms with van der Waals surface area (Å²) >= 11 is 6.61. The zero-order valence-electron chi connectivity index (χ0n) is 19.9. The lowest BCUT2D eigenvalue weighted by Crippen LogP contribution is -2.18. The largest absolute Gasteiger partial charge is 0.463 e. The average Bonchev–Trinajstić information content (AvgIpc) is 3.03. The Morgan fingerprint density at radius 3 is 2.56 bits per heavy atom. The molecule has 1 fully saturated rings. The molecule has 5 heteroatoms. The van der Waals surface area contributed by atoms with E-state index in [1.807, 2.05) is 38.1 Å². The summed E-state index contributed by atoms with van der Waals surface area (Å²) in [4.78, 5) is 11.6. The molecule has 0 aliphatic heterocycles. The summed E-state index contributed by atoms with van der Waals surface area (Å²) in [5.41, 5.74) is 2.02. The Labute approximate surface area is 199 Å². The fraction of sp³-hybridized carbons (Fsp3) is 0.667. The van der Waals surface area contributed by atoms with Gasteiger partial charge in [-0.15, -0.1) is 11.6 Å². The number of aliphatic hydroxyl groups is 2.